The topological polar surface area (TPSA) is 49.3 Å². The fourth-order valence-corrected chi connectivity index (χ4v) is 3.54. The lowest BCUT2D eigenvalue weighted by Crippen LogP contribution is -2.47. The summed E-state index contributed by atoms with van der Waals surface area (Å²) < 4.78 is 0. The van der Waals surface area contributed by atoms with E-state index in [9.17, 15) is 9.90 Å². The van der Waals surface area contributed by atoms with Gasteiger partial charge in [-0.2, -0.15) is 11.8 Å². The highest BCUT2D eigenvalue weighted by Crippen LogP contribution is 2.25. The number of hydrogen-bond donors (Lipinski definition) is 2. The average Bonchev–Trinajstić information content (AvgIpc) is 2.74. The third kappa shape index (κ3) is 2.88. The minimum atomic E-state index is -0.322. The molecule has 2 N–H and O–H groups in total. The fraction of sp³-hybridized carbons (Fsp3) is 0.909. The zero-order valence-corrected chi connectivity index (χ0v) is 9.76. The van der Waals surface area contributed by atoms with E-state index in [1.54, 1.807) is 0 Å². The van der Waals surface area contributed by atoms with Crippen LogP contribution in [0.4, 0.5) is 0 Å². The largest absolute Gasteiger partial charge is 0.391 e. The molecule has 1 saturated carbocycles. The van der Waals surface area contributed by atoms with E-state index in [1.807, 2.05) is 11.8 Å². The molecular formula is C11H19NO2S. The Labute approximate surface area is 95.0 Å². The van der Waals surface area contributed by atoms with E-state index in [4.69, 9.17) is 0 Å². The van der Waals surface area contributed by atoms with E-state index >= 15 is 0 Å². The Balaban J connectivity index is 1.81. The van der Waals surface area contributed by atoms with Gasteiger partial charge in [-0.05, 0) is 25.0 Å². The van der Waals surface area contributed by atoms with Crippen molar-refractivity contribution in [2.75, 3.05) is 11.5 Å². The van der Waals surface area contributed by atoms with Crippen molar-refractivity contribution in [3.8, 4) is 0 Å². The molecule has 4 heteroatoms. The van der Waals surface area contributed by atoms with E-state index in [1.165, 1.54) is 0 Å². The van der Waals surface area contributed by atoms with E-state index in [2.05, 4.69) is 5.32 Å². The normalized spacial score (nSPS) is 36.5. The van der Waals surface area contributed by atoms with Gasteiger partial charge in [-0.15, -0.1) is 0 Å². The summed E-state index contributed by atoms with van der Waals surface area (Å²) in [5, 5.41) is 12.7. The van der Waals surface area contributed by atoms with Crippen LogP contribution in [0.1, 0.15) is 32.1 Å². The Morgan fingerprint density at radius 1 is 1.27 bits per heavy atom. The molecule has 1 amide bonds. The average molecular weight is 229 g/mol. The molecule has 2 fully saturated rings. The second-order valence-corrected chi connectivity index (χ2v) is 5.68. The van der Waals surface area contributed by atoms with Crippen LogP contribution in [0, 0.1) is 5.92 Å². The maximum absolute atomic E-state index is 11.8. The summed E-state index contributed by atoms with van der Waals surface area (Å²) in [6.07, 6.45) is 4.67. The zero-order valence-electron chi connectivity index (χ0n) is 8.95. The number of aliphatic hydroxyl groups is 1. The van der Waals surface area contributed by atoms with Crippen LogP contribution in [-0.2, 0) is 4.79 Å². The minimum Gasteiger partial charge on any atom is -0.391 e. The maximum Gasteiger partial charge on any atom is 0.224 e. The van der Waals surface area contributed by atoms with Gasteiger partial charge in [-0.3, -0.25) is 4.79 Å². The number of hydrogen-bond acceptors (Lipinski definition) is 3. The predicted molar refractivity (Wildman–Crippen MR) is 61.8 cm³/mol. The SMILES string of the molecule is O=C(NC1CCCCC1O)C1CCSC1. The number of carbonyl (C=O) groups excluding carboxylic acids is 1. The van der Waals surface area contributed by atoms with Crippen molar-refractivity contribution >= 4 is 17.7 Å². The van der Waals surface area contributed by atoms with Gasteiger partial charge in [-0.25, -0.2) is 0 Å². The van der Waals surface area contributed by atoms with Crippen LogP contribution in [0.2, 0.25) is 0 Å². The molecule has 0 aromatic heterocycles. The van der Waals surface area contributed by atoms with Crippen LogP contribution < -0.4 is 5.32 Å². The van der Waals surface area contributed by atoms with Crippen LogP contribution in [0.5, 0.6) is 0 Å². The number of carbonyl (C=O) groups is 1. The highest BCUT2D eigenvalue weighted by atomic mass is 32.2. The van der Waals surface area contributed by atoms with Gasteiger partial charge in [0, 0.05) is 11.7 Å². The van der Waals surface area contributed by atoms with Crippen LogP contribution in [0.3, 0.4) is 0 Å². The van der Waals surface area contributed by atoms with Crippen molar-refractivity contribution in [3.63, 3.8) is 0 Å². The molecule has 1 heterocycles. The monoisotopic (exact) mass is 229 g/mol. The Kier molecular flexibility index (Phi) is 3.92. The second kappa shape index (κ2) is 5.21. The highest BCUT2D eigenvalue weighted by Gasteiger charge is 2.29. The predicted octanol–water partition coefficient (Wildman–Crippen LogP) is 1.16. The van der Waals surface area contributed by atoms with E-state index in [-0.39, 0.29) is 24.0 Å². The first-order valence-electron chi connectivity index (χ1n) is 5.83. The summed E-state index contributed by atoms with van der Waals surface area (Å²) in [5.41, 5.74) is 0. The number of rotatable bonds is 2. The molecule has 0 aromatic rings. The fourth-order valence-electron chi connectivity index (χ4n) is 2.32. The molecule has 3 nitrogen and oxygen atoms in total. The Bertz CT molecular complexity index is 229. The Morgan fingerprint density at radius 3 is 2.73 bits per heavy atom. The van der Waals surface area contributed by atoms with E-state index < -0.39 is 0 Å². The first-order valence-corrected chi connectivity index (χ1v) is 6.99. The summed E-state index contributed by atoms with van der Waals surface area (Å²) in [6, 6.07) is 0.0110. The van der Waals surface area contributed by atoms with Crippen LogP contribution >= 0.6 is 11.8 Å². The van der Waals surface area contributed by atoms with E-state index in [0.29, 0.717) is 0 Å². The lowest BCUT2D eigenvalue weighted by molar-refractivity contribution is -0.126. The number of nitrogens with one attached hydrogen (secondary N) is 1. The molecule has 0 spiro atoms. The number of thioether (sulfide) groups is 1. The summed E-state index contributed by atoms with van der Waals surface area (Å²) in [4.78, 5) is 11.8. The molecule has 86 valence electrons. The number of amides is 1. The molecule has 0 bridgehead atoms. The van der Waals surface area contributed by atoms with Gasteiger partial charge in [0.1, 0.15) is 0 Å². The molecule has 3 atom stereocenters. The second-order valence-electron chi connectivity index (χ2n) is 4.53. The third-order valence-corrected chi connectivity index (χ3v) is 4.52. The van der Waals surface area contributed by atoms with Crippen molar-refractivity contribution in [3.05, 3.63) is 0 Å². The lowest BCUT2D eigenvalue weighted by Gasteiger charge is -2.29. The molecule has 1 aliphatic heterocycles. The van der Waals surface area contributed by atoms with Gasteiger partial charge in [0.2, 0.25) is 5.91 Å². The van der Waals surface area contributed by atoms with Gasteiger partial charge in [-0.1, -0.05) is 12.8 Å². The van der Waals surface area contributed by atoms with Crippen LogP contribution in [0.25, 0.3) is 0 Å². The first kappa shape index (κ1) is 11.3. The highest BCUT2D eigenvalue weighted by molar-refractivity contribution is 7.99. The molecule has 0 radical (unpaired) electrons. The zero-order chi connectivity index (χ0) is 10.7. The van der Waals surface area contributed by atoms with Crippen molar-refractivity contribution in [2.24, 2.45) is 5.92 Å². The molecule has 1 saturated heterocycles. The summed E-state index contributed by atoms with van der Waals surface area (Å²) in [6.45, 7) is 0. The van der Waals surface area contributed by atoms with Gasteiger partial charge >= 0.3 is 0 Å². The minimum absolute atomic E-state index is 0.0110. The summed E-state index contributed by atoms with van der Waals surface area (Å²) in [5.74, 6) is 2.40. The van der Waals surface area contributed by atoms with Crippen molar-refractivity contribution in [2.45, 2.75) is 44.2 Å². The number of aliphatic hydroxyl groups excluding tert-OH is 1. The standard InChI is InChI=1S/C11H19NO2S/c13-10-4-2-1-3-9(10)12-11(14)8-5-6-15-7-8/h8-10,13H,1-7H2,(H,12,14). The molecular weight excluding hydrogens is 210 g/mol. The molecule has 2 rings (SSSR count). The molecule has 1 aliphatic carbocycles. The smallest absolute Gasteiger partial charge is 0.224 e. The van der Waals surface area contributed by atoms with Crippen LogP contribution in [-0.4, -0.2) is 34.7 Å². The van der Waals surface area contributed by atoms with Crippen LogP contribution in [0.15, 0.2) is 0 Å². The van der Waals surface area contributed by atoms with E-state index in [0.717, 1.165) is 43.6 Å². The molecule has 3 unspecified atom stereocenters. The van der Waals surface area contributed by atoms with Gasteiger partial charge in [0.25, 0.3) is 0 Å². The van der Waals surface area contributed by atoms with Gasteiger partial charge < -0.3 is 10.4 Å². The lowest BCUT2D eigenvalue weighted by atomic mass is 9.92. The summed E-state index contributed by atoms with van der Waals surface area (Å²) in [7, 11) is 0. The van der Waals surface area contributed by atoms with Crippen molar-refractivity contribution in [1.29, 1.82) is 0 Å². The van der Waals surface area contributed by atoms with Crippen molar-refractivity contribution < 1.29 is 9.90 Å². The molecule has 0 aromatic carbocycles. The summed E-state index contributed by atoms with van der Waals surface area (Å²) >= 11 is 1.85. The molecule has 15 heavy (non-hydrogen) atoms. The molecule has 2 aliphatic rings. The quantitative estimate of drug-likeness (QED) is 0.747. The van der Waals surface area contributed by atoms with Gasteiger partial charge in [0.15, 0.2) is 0 Å². The Morgan fingerprint density at radius 2 is 2.07 bits per heavy atom. The van der Waals surface area contributed by atoms with Gasteiger partial charge in [0.05, 0.1) is 12.1 Å². The maximum atomic E-state index is 11.8. The van der Waals surface area contributed by atoms with Crippen molar-refractivity contribution in [1.82, 2.24) is 5.32 Å². The Hall–Kier alpha value is -0.220. The first-order chi connectivity index (χ1) is 7.27. The third-order valence-electron chi connectivity index (χ3n) is 3.36.